The Morgan fingerprint density at radius 3 is 2.65 bits per heavy atom. The van der Waals surface area contributed by atoms with Gasteiger partial charge < -0.3 is 16.4 Å². The minimum absolute atomic E-state index is 0.411. The maximum atomic E-state index is 11.9. The second kappa shape index (κ2) is 8.47. The number of benzene rings is 1. The van der Waals surface area contributed by atoms with E-state index in [0.717, 1.165) is 23.4 Å². The van der Waals surface area contributed by atoms with Gasteiger partial charge in [-0.3, -0.25) is 4.79 Å². The van der Waals surface area contributed by atoms with E-state index in [4.69, 9.17) is 5.73 Å². The first-order valence-corrected chi connectivity index (χ1v) is 7.80. The monoisotopic (exact) mass is 295 g/mol. The molecular weight excluding hydrogens is 274 g/mol. The van der Waals surface area contributed by atoms with Crippen molar-refractivity contribution in [3.8, 4) is 0 Å². The van der Waals surface area contributed by atoms with Crippen LogP contribution in [0, 0.1) is 0 Å². The Bertz CT molecular complexity index is 465. The quantitative estimate of drug-likeness (QED) is 0.676. The first-order valence-electron chi connectivity index (χ1n) is 6.58. The van der Waals surface area contributed by atoms with Crippen molar-refractivity contribution in [3.63, 3.8) is 0 Å². The number of nitrogens with one attached hydrogen (secondary N) is 2. The van der Waals surface area contributed by atoms with Gasteiger partial charge >= 0.3 is 6.03 Å². The van der Waals surface area contributed by atoms with Crippen molar-refractivity contribution >= 4 is 29.4 Å². The summed E-state index contributed by atoms with van der Waals surface area (Å²) in [7, 11) is 0. The molecule has 1 rings (SSSR count). The molecule has 0 aliphatic rings. The molecule has 4 N–H and O–H groups in total. The topological polar surface area (TPSA) is 84.2 Å². The number of thioether (sulfide) groups is 1. The SMILES string of the molecule is CCCC[C@H](NC(=O)Nc1ccccc1SC)C(N)=O. The number of primary amides is 1. The second-order valence-corrected chi connectivity index (χ2v) is 5.24. The van der Waals surface area contributed by atoms with Crippen LogP contribution in [-0.2, 0) is 4.79 Å². The summed E-state index contributed by atoms with van der Waals surface area (Å²) in [6, 6.07) is 6.45. The zero-order valence-corrected chi connectivity index (χ0v) is 12.6. The minimum atomic E-state index is -0.628. The smallest absolute Gasteiger partial charge is 0.319 e. The first-order chi connectivity index (χ1) is 9.58. The van der Waals surface area contributed by atoms with Gasteiger partial charge in [0.1, 0.15) is 6.04 Å². The van der Waals surface area contributed by atoms with E-state index in [1.165, 1.54) is 0 Å². The molecule has 6 heteroatoms. The van der Waals surface area contributed by atoms with Crippen molar-refractivity contribution in [3.05, 3.63) is 24.3 Å². The molecule has 20 heavy (non-hydrogen) atoms. The Morgan fingerprint density at radius 1 is 1.35 bits per heavy atom. The van der Waals surface area contributed by atoms with Crippen LogP contribution in [0.5, 0.6) is 0 Å². The van der Waals surface area contributed by atoms with Crippen molar-refractivity contribution in [1.29, 1.82) is 0 Å². The number of nitrogens with two attached hydrogens (primary N) is 1. The van der Waals surface area contributed by atoms with E-state index in [1.54, 1.807) is 11.8 Å². The molecule has 0 radical (unpaired) electrons. The predicted octanol–water partition coefficient (Wildman–Crippen LogP) is 2.57. The van der Waals surface area contributed by atoms with E-state index in [2.05, 4.69) is 10.6 Å². The maximum Gasteiger partial charge on any atom is 0.319 e. The minimum Gasteiger partial charge on any atom is -0.368 e. The molecule has 0 bridgehead atoms. The number of carbonyl (C=O) groups is 2. The van der Waals surface area contributed by atoms with Gasteiger partial charge in [-0.15, -0.1) is 11.8 Å². The van der Waals surface area contributed by atoms with Crippen LogP contribution in [0.1, 0.15) is 26.2 Å². The van der Waals surface area contributed by atoms with Crippen LogP contribution in [0.2, 0.25) is 0 Å². The number of urea groups is 1. The van der Waals surface area contributed by atoms with Crippen molar-refractivity contribution in [1.82, 2.24) is 5.32 Å². The third kappa shape index (κ3) is 5.13. The number of hydrogen-bond acceptors (Lipinski definition) is 3. The van der Waals surface area contributed by atoms with E-state index in [-0.39, 0.29) is 0 Å². The van der Waals surface area contributed by atoms with Crippen LogP contribution in [0.15, 0.2) is 29.2 Å². The molecule has 5 nitrogen and oxygen atoms in total. The van der Waals surface area contributed by atoms with Gasteiger partial charge in [0.05, 0.1) is 5.69 Å². The molecule has 0 unspecified atom stereocenters. The summed E-state index contributed by atoms with van der Waals surface area (Å²) in [5.41, 5.74) is 6.01. The Balaban J connectivity index is 2.63. The molecule has 1 aromatic rings. The number of amides is 3. The average molecular weight is 295 g/mol. The molecule has 0 aromatic heterocycles. The van der Waals surface area contributed by atoms with Gasteiger partial charge in [0, 0.05) is 4.90 Å². The fourth-order valence-electron chi connectivity index (χ4n) is 1.76. The second-order valence-electron chi connectivity index (χ2n) is 4.40. The fourth-order valence-corrected chi connectivity index (χ4v) is 2.31. The van der Waals surface area contributed by atoms with E-state index < -0.39 is 18.0 Å². The van der Waals surface area contributed by atoms with Crippen LogP contribution in [-0.4, -0.2) is 24.2 Å². The third-order valence-corrected chi connectivity index (χ3v) is 3.65. The van der Waals surface area contributed by atoms with Crippen molar-refractivity contribution in [2.24, 2.45) is 5.73 Å². The molecule has 0 spiro atoms. The van der Waals surface area contributed by atoms with Gasteiger partial charge in [0.15, 0.2) is 0 Å². The summed E-state index contributed by atoms with van der Waals surface area (Å²) in [5.74, 6) is -0.508. The van der Waals surface area contributed by atoms with Crippen LogP contribution in [0.25, 0.3) is 0 Å². The van der Waals surface area contributed by atoms with Crippen molar-refractivity contribution in [2.45, 2.75) is 37.1 Å². The number of anilines is 1. The number of rotatable bonds is 7. The molecule has 0 aliphatic heterocycles. The van der Waals surface area contributed by atoms with Gasteiger partial charge in [0.2, 0.25) is 5.91 Å². The van der Waals surface area contributed by atoms with Gasteiger partial charge in [-0.2, -0.15) is 0 Å². The Kier molecular flexibility index (Phi) is 6.93. The lowest BCUT2D eigenvalue weighted by atomic mass is 10.1. The molecule has 1 aromatic carbocycles. The highest BCUT2D eigenvalue weighted by Gasteiger charge is 2.17. The highest BCUT2D eigenvalue weighted by atomic mass is 32.2. The van der Waals surface area contributed by atoms with E-state index in [9.17, 15) is 9.59 Å². The summed E-state index contributed by atoms with van der Waals surface area (Å²) in [4.78, 5) is 24.2. The summed E-state index contributed by atoms with van der Waals surface area (Å²) in [5, 5.41) is 5.36. The predicted molar refractivity (Wildman–Crippen MR) is 82.9 cm³/mol. The van der Waals surface area contributed by atoms with Gasteiger partial charge in [-0.1, -0.05) is 31.9 Å². The molecule has 110 valence electrons. The lowest BCUT2D eigenvalue weighted by Gasteiger charge is -2.16. The molecule has 0 heterocycles. The number of para-hydroxylation sites is 1. The van der Waals surface area contributed by atoms with Crippen LogP contribution < -0.4 is 16.4 Å². The Labute approximate surface area is 123 Å². The van der Waals surface area contributed by atoms with Crippen molar-refractivity contribution in [2.75, 3.05) is 11.6 Å². The van der Waals surface area contributed by atoms with Crippen LogP contribution in [0.4, 0.5) is 10.5 Å². The molecule has 0 saturated heterocycles. The zero-order chi connectivity index (χ0) is 15.0. The van der Waals surface area contributed by atoms with E-state index in [1.807, 2.05) is 37.4 Å². The zero-order valence-electron chi connectivity index (χ0n) is 11.8. The fraction of sp³-hybridized carbons (Fsp3) is 0.429. The molecule has 0 saturated carbocycles. The largest absolute Gasteiger partial charge is 0.368 e. The number of hydrogen-bond donors (Lipinski definition) is 3. The summed E-state index contributed by atoms with van der Waals surface area (Å²) >= 11 is 1.54. The summed E-state index contributed by atoms with van der Waals surface area (Å²) < 4.78 is 0. The summed E-state index contributed by atoms with van der Waals surface area (Å²) in [6.45, 7) is 2.02. The highest BCUT2D eigenvalue weighted by Crippen LogP contribution is 2.24. The first kappa shape index (κ1) is 16.4. The Morgan fingerprint density at radius 2 is 2.05 bits per heavy atom. The molecule has 3 amide bonds. The molecule has 1 atom stereocenters. The van der Waals surface area contributed by atoms with Gasteiger partial charge in [-0.25, -0.2) is 4.79 Å². The lowest BCUT2D eigenvalue weighted by Crippen LogP contribution is -2.46. The molecule has 0 aliphatic carbocycles. The number of unbranched alkanes of at least 4 members (excludes halogenated alkanes) is 1. The van der Waals surface area contributed by atoms with Crippen molar-refractivity contribution < 1.29 is 9.59 Å². The van der Waals surface area contributed by atoms with Crippen LogP contribution >= 0.6 is 11.8 Å². The summed E-state index contributed by atoms with van der Waals surface area (Å²) in [6.07, 6.45) is 4.28. The van der Waals surface area contributed by atoms with Gasteiger partial charge in [0.25, 0.3) is 0 Å². The third-order valence-electron chi connectivity index (χ3n) is 2.85. The highest BCUT2D eigenvalue weighted by molar-refractivity contribution is 7.98. The molecular formula is C14H21N3O2S. The van der Waals surface area contributed by atoms with Gasteiger partial charge in [-0.05, 0) is 24.8 Å². The molecule has 0 fully saturated rings. The van der Waals surface area contributed by atoms with E-state index >= 15 is 0 Å². The number of carbonyl (C=O) groups excluding carboxylic acids is 2. The maximum absolute atomic E-state index is 11.9. The Hall–Kier alpha value is -1.69. The lowest BCUT2D eigenvalue weighted by molar-refractivity contribution is -0.119. The normalized spacial score (nSPS) is 11.7. The average Bonchev–Trinajstić information content (AvgIpc) is 2.43. The van der Waals surface area contributed by atoms with Crippen LogP contribution in [0.3, 0.4) is 0 Å². The van der Waals surface area contributed by atoms with E-state index in [0.29, 0.717) is 6.42 Å². The standard InChI is InChI=1S/C14H21N3O2S/c1-3-4-7-11(13(15)18)17-14(19)16-10-8-5-6-9-12(10)20-2/h5-6,8-9,11H,3-4,7H2,1-2H3,(H2,15,18)(H2,16,17,19)/t11-/m0/s1.